The fourth-order valence-electron chi connectivity index (χ4n) is 2.79. The molecule has 1 heterocycles. The maximum Gasteiger partial charge on any atom is 0.280 e. The summed E-state index contributed by atoms with van der Waals surface area (Å²) in [6, 6.07) is 9.69. The number of methoxy groups -OCH3 is 3. The second-order valence-corrected chi connectivity index (χ2v) is 6.83. The Balaban J connectivity index is 1.72. The van der Waals surface area contributed by atoms with Gasteiger partial charge in [-0.3, -0.25) is 9.59 Å². The summed E-state index contributed by atoms with van der Waals surface area (Å²) in [5, 5.41) is 13.3. The Morgan fingerprint density at radius 2 is 1.75 bits per heavy atom. The third-order valence-electron chi connectivity index (χ3n) is 4.37. The van der Waals surface area contributed by atoms with E-state index in [2.05, 4.69) is 20.9 Å². The van der Waals surface area contributed by atoms with E-state index in [0.717, 1.165) is 4.68 Å². The summed E-state index contributed by atoms with van der Waals surface area (Å²) >= 11 is 5.97. The maximum atomic E-state index is 12.6. The van der Waals surface area contributed by atoms with Crippen molar-refractivity contribution in [2.45, 2.75) is 6.54 Å². The van der Waals surface area contributed by atoms with Crippen LogP contribution in [0.3, 0.4) is 0 Å². The van der Waals surface area contributed by atoms with Crippen LogP contribution in [0.4, 0.5) is 17.2 Å². The first-order valence-corrected chi connectivity index (χ1v) is 9.59. The molecule has 0 fully saturated rings. The van der Waals surface area contributed by atoms with Crippen molar-refractivity contribution >= 4 is 40.6 Å². The van der Waals surface area contributed by atoms with Crippen LogP contribution in [0.1, 0.15) is 10.5 Å². The van der Waals surface area contributed by atoms with Crippen LogP contribution in [0.15, 0.2) is 36.4 Å². The molecule has 11 nitrogen and oxygen atoms in total. The van der Waals surface area contributed by atoms with Crippen LogP contribution in [0, 0.1) is 0 Å². The zero-order valence-electron chi connectivity index (χ0n) is 17.5. The van der Waals surface area contributed by atoms with Gasteiger partial charge < -0.3 is 30.6 Å². The number of amides is 2. The zero-order chi connectivity index (χ0) is 23.3. The predicted octanol–water partition coefficient (Wildman–Crippen LogP) is 2.43. The van der Waals surface area contributed by atoms with E-state index in [1.54, 1.807) is 36.4 Å². The van der Waals surface area contributed by atoms with Crippen LogP contribution in [0.25, 0.3) is 0 Å². The molecule has 3 rings (SSSR count). The molecule has 2 aromatic carbocycles. The number of nitrogens with zero attached hydrogens (tertiary/aromatic N) is 3. The van der Waals surface area contributed by atoms with Gasteiger partial charge in [-0.2, -0.15) is 0 Å². The normalized spacial score (nSPS) is 10.4. The van der Waals surface area contributed by atoms with E-state index in [4.69, 9.17) is 31.5 Å². The van der Waals surface area contributed by atoms with Crippen molar-refractivity contribution in [2.75, 3.05) is 37.7 Å². The first-order chi connectivity index (χ1) is 15.4. The minimum absolute atomic E-state index is 0.0804. The van der Waals surface area contributed by atoms with Crippen LogP contribution < -0.4 is 30.6 Å². The number of nitrogens with two attached hydrogens (primary N) is 1. The van der Waals surface area contributed by atoms with Gasteiger partial charge in [0, 0.05) is 11.1 Å². The minimum Gasteiger partial charge on any atom is -0.497 e. The highest BCUT2D eigenvalue weighted by Gasteiger charge is 2.21. The first kappa shape index (κ1) is 22.7. The Kier molecular flexibility index (Phi) is 7.00. The van der Waals surface area contributed by atoms with Crippen LogP contribution in [-0.4, -0.2) is 48.1 Å². The third-order valence-corrected chi connectivity index (χ3v) is 4.61. The Bertz CT molecular complexity index is 1150. The highest BCUT2D eigenvalue weighted by atomic mass is 35.5. The molecular formula is C20H21ClN6O5. The number of halogens is 1. The van der Waals surface area contributed by atoms with Gasteiger partial charge in [-0.1, -0.05) is 16.8 Å². The molecule has 0 aliphatic heterocycles. The molecule has 0 aliphatic rings. The number of hydrogen-bond donors (Lipinski definition) is 3. The molecule has 168 valence electrons. The number of benzene rings is 2. The second-order valence-electron chi connectivity index (χ2n) is 6.39. The van der Waals surface area contributed by atoms with Crippen molar-refractivity contribution in [3.05, 3.63) is 47.1 Å². The summed E-state index contributed by atoms with van der Waals surface area (Å²) in [7, 11) is 4.45. The Hall–Kier alpha value is -3.99. The van der Waals surface area contributed by atoms with Crippen molar-refractivity contribution in [1.82, 2.24) is 15.0 Å². The Morgan fingerprint density at radius 3 is 2.44 bits per heavy atom. The van der Waals surface area contributed by atoms with Gasteiger partial charge in [0.25, 0.3) is 5.91 Å². The highest BCUT2D eigenvalue weighted by molar-refractivity contribution is 6.31. The number of carbonyl (C=O) groups is 2. The molecule has 0 aliphatic carbocycles. The molecular weight excluding hydrogens is 440 g/mol. The number of nitrogens with one attached hydrogen (secondary N) is 2. The van der Waals surface area contributed by atoms with E-state index in [1.165, 1.54) is 21.3 Å². The molecule has 0 radical (unpaired) electrons. The number of rotatable bonds is 8. The van der Waals surface area contributed by atoms with Gasteiger partial charge in [0.15, 0.2) is 11.5 Å². The lowest BCUT2D eigenvalue weighted by molar-refractivity contribution is -0.116. The van der Waals surface area contributed by atoms with Crippen LogP contribution in [0.5, 0.6) is 17.2 Å². The summed E-state index contributed by atoms with van der Waals surface area (Å²) in [5.74, 6) is 0.220. The molecule has 0 spiro atoms. The van der Waals surface area contributed by atoms with Crippen molar-refractivity contribution in [1.29, 1.82) is 0 Å². The smallest absolute Gasteiger partial charge is 0.280 e. The standard InChI is InChI=1S/C20H21ClN6O5/c1-30-12-5-6-13(16(9-12)32-3)24-20(29)18-19(22)27(26-25-18)10-17(28)23-14-8-11(21)4-7-15(14)31-2/h4-9H,10,22H2,1-3H3,(H,23,28)(H,24,29). The molecule has 0 unspecified atom stereocenters. The third kappa shape index (κ3) is 5.01. The van der Waals surface area contributed by atoms with E-state index < -0.39 is 11.8 Å². The fourth-order valence-corrected chi connectivity index (χ4v) is 2.96. The average Bonchev–Trinajstić information content (AvgIpc) is 3.14. The first-order valence-electron chi connectivity index (χ1n) is 9.22. The lowest BCUT2D eigenvalue weighted by Gasteiger charge is -2.11. The highest BCUT2D eigenvalue weighted by Crippen LogP contribution is 2.30. The van der Waals surface area contributed by atoms with Gasteiger partial charge >= 0.3 is 0 Å². The quantitative estimate of drug-likeness (QED) is 0.465. The van der Waals surface area contributed by atoms with Crippen LogP contribution >= 0.6 is 11.6 Å². The molecule has 3 aromatic rings. The summed E-state index contributed by atoms with van der Waals surface area (Å²) in [5.41, 5.74) is 6.62. The molecule has 32 heavy (non-hydrogen) atoms. The largest absolute Gasteiger partial charge is 0.497 e. The second kappa shape index (κ2) is 9.88. The number of hydrogen-bond acceptors (Lipinski definition) is 8. The van der Waals surface area contributed by atoms with Gasteiger partial charge in [0.2, 0.25) is 5.91 Å². The lowest BCUT2D eigenvalue weighted by atomic mass is 10.2. The predicted molar refractivity (Wildman–Crippen MR) is 119 cm³/mol. The summed E-state index contributed by atoms with van der Waals surface area (Å²) in [6.07, 6.45) is 0. The lowest BCUT2D eigenvalue weighted by Crippen LogP contribution is -2.21. The van der Waals surface area contributed by atoms with Crippen LogP contribution in [-0.2, 0) is 11.3 Å². The molecule has 2 amide bonds. The van der Waals surface area contributed by atoms with Gasteiger partial charge in [0.05, 0.1) is 32.7 Å². The monoisotopic (exact) mass is 460 g/mol. The van der Waals surface area contributed by atoms with E-state index in [0.29, 0.717) is 33.6 Å². The number of ether oxygens (including phenoxy) is 3. The summed E-state index contributed by atoms with van der Waals surface area (Å²) in [4.78, 5) is 25.1. The summed E-state index contributed by atoms with van der Waals surface area (Å²) < 4.78 is 16.7. The van der Waals surface area contributed by atoms with E-state index in [-0.39, 0.29) is 18.1 Å². The van der Waals surface area contributed by atoms with Crippen LogP contribution in [0.2, 0.25) is 5.02 Å². The van der Waals surface area contributed by atoms with E-state index >= 15 is 0 Å². The zero-order valence-corrected chi connectivity index (χ0v) is 18.3. The summed E-state index contributed by atoms with van der Waals surface area (Å²) in [6.45, 7) is -0.284. The Morgan fingerprint density at radius 1 is 1.00 bits per heavy atom. The van der Waals surface area contributed by atoms with Gasteiger partial charge in [-0.15, -0.1) is 5.10 Å². The topological polar surface area (TPSA) is 143 Å². The number of aromatic nitrogens is 3. The molecule has 1 aromatic heterocycles. The molecule has 0 atom stereocenters. The molecule has 4 N–H and O–H groups in total. The number of nitrogen functional groups attached to an aromatic ring is 1. The van der Waals surface area contributed by atoms with Crippen molar-refractivity contribution in [3.8, 4) is 17.2 Å². The van der Waals surface area contributed by atoms with E-state index in [1.807, 2.05) is 0 Å². The molecule has 0 saturated heterocycles. The Labute approximate surface area is 188 Å². The van der Waals surface area contributed by atoms with Gasteiger partial charge in [-0.25, -0.2) is 4.68 Å². The van der Waals surface area contributed by atoms with Crippen molar-refractivity contribution in [2.24, 2.45) is 0 Å². The molecule has 0 bridgehead atoms. The average molecular weight is 461 g/mol. The van der Waals surface area contributed by atoms with Gasteiger partial charge in [-0.05, 0) is 30.3 Å². The molecule has 0 saturated carbocycles. The maximum absolute atomic E-state index is 12.6. The number of carbonyl (C=O) groups excluding carboxylic acids is 2. The van der Waals surface area contributed by atoms with Crippen molar-refractivity contribution in [3.63, 3.8) is 0 Å². The SMILES string of the molecule is COc1ccc(NC(=O)c2nnn(CC(=O)Nc3cc(Cl)ccc3OC)c2N)c(OC)c1. The number of anilines is 3. The molecule has 12 heteroatoms. The van der Waals surface area contributed by atoms with Crippen molar-refractivity contribution < 1.29 is 23.8 Å². The van der Waals surface area contributed by atoms with Gasteiger partial charge in [0.1, 0.15) is 23.8 Å². The minimum atomic E-state index is -0.617. The van der Waals surface area contributed by atoms with E-state index in [9.17, 15) is 9.59 Å². The fraction of sp³-hybridized carbons (Fsp3) is 0.200.